The van der Waals surface area contributed by atoms with Crippen molar-refractivity contribution in [2.75, 3.05) is 32.7 Å². The Kier molecular flexibility index (Phi) is 6.42. The van der Waals surface area contributed by atoms with E-state index in [1.54, 1.807) is 0 Å². The van der Waals surface area contributed by atoms with Crippen molar-refractivity contribution in [3.05, 3.63) is 0 Å². The van der Waals surface area contributed by atoms with Crippen LogP contribution in [-0.4, -0.2) is 60.3 Å². The molecule has 1 aliphatic heterocycles. The van der Waals surface area contributed by atoms with E-state index in [-0.39, 0.29) is 19.1 Å². The molecule has 0 atom stereocenters. The van der Waals surface area contributed by atoms with Crippen molar-refractivity contribution < 1.29 is 19.4 Å². The molecule has 1 fully saturated rings. The highest BCUT2D eigenvalue weighted by Crippen LogP contribution is 2.16. The van der Waals surface area contributed by atoms with Crippen LogP contribution < -0.4 is 5.32 Å². The van der Waals surface area contributed by atoms with Gasteiger partial charge in [-0.05, 0) is 59.2 Å². The van der Waals surface area contributed by atoms with E-state index < -0.39 is 11.6 Å². The number of carbonyl (C=O) groups is 2. The van der Waals surface area contributed by atoms with Crippen LogP contribution in [0.15, 0.2) is 0 Å². The van der Waals surface area contributed by atoms with Gasteiger partial charge in [0, 0.05) is 0 Å². The maximum Gasteiger partial charge on any atom is 0.320 e. The summed E-state index contributed by atoms with van der Waals surface area (Å²) in [6, 6.07) is 0. The van der Waals surface area contributed by atoms with Crippen molar-refractivity contribution in [1.82, 2.24) is 10.2 Å². The maximum atomic E-state index is 11.5. The van der Waals surface area contributed by atoms with Gasteiger partial charge in [0.1, 0.15) is 5.60 Å². The van der Waals surface area contributed by atoms with Crippen LogP contribution in [0.25, 0.3) is 0 Å². The second kappa shape index (κ2) is 7.59. The number of hydrogen-bond acceptors (Lipinski definition) is 5. The fraction of sp³-hybridized carbons (Fsp3) is 0.857. The van der Waals surface area contributed by atoms with Crippen LogP contribution >= 0.6 is 0 Å². The van der Waals surface area contributed by atoms with Gasteiger partial charge >= 0.3 is 11.9 Å². The highest BCUT2D eigenvalue weighted by Gasteiger charge is 2.21. The number of likely N-dealkylation sites (tertiary alicyclic amines) is 1. The van der Waals surface area contributed by atoms with E-state index in [0.717, 1.165) is 32.5 Å². The lowest BCUT2D eigenvalue weighted by Gasteiger charge is -2.30. The van der Waals surface area contributed by atoms with Crippen molar-refractivity contribution in [2.24, 2.45) is 5.92 Å². The first-order valence-electron chi connectivity index (χ1n) is 7.13. The van der Waals surface area contributed by atoms with E-state index in [4.69, 9.17) is 9.84 Å². The van der Waals surface area contributed by atoms with Gasteiger partial charge in [-0.15, -0.1) is 0 Å². The molecular weight excluding hydrogens is 260 g/mol. The zero-order valence-corrected chi connectivity index (χ0v) is 12.6. The minimum atomic E-state index is -0.772. The van der Waals surface area contributed by atoms with Crippen molar-refractivity contribution in [1.29, 1.82) is 0 Å². The van der Waals surface area contributed by atoms with E-state index >= 15 is 0 Å². The number of rotatable bonds is 6. The van der Waals surface area contributed by atoms with Crippen molar-refractivity contribution in [3.63, 3.8) is 0 Å². The highest BCUT2D eigenvalue weighted by atomic mass is 16.6. The first kappa shape index (κ1) is 16.9. The first-order chi connectivity index (χ1) is 9.26. The lowest BCUT2D eigenvalue weighted by atomic mass is 9.97. The van der Waals surface area contributed by atoms with Crippen LogP contribution in [0, 0.1) is 5.92 Å². The Labute approximate surface area is 120 Å². The molecule has 0 unspecified atom stereocenters. The number of carboxylic acids is 1. The number of esters is 1. The zero-order valence-electron chi connectivity index (χ0n) is 12.6. The number of aliphatic carboxylic acids is 1. The number of piperidine rings is 1. The van der Waals surface area contributed by atoms with E-state index in [0.29, 0.717) is 5.92 Å². The number of carboxylic acid groups (broad SMARTS) is 1. The molecule has 0 amide bonds. The molecule has 116 valence electrons. The maximum absolute atomic E-state index is 11.5. The van der Waals surface area contributed by atoms with Crippen LogP contribution in [0.3, 0.4) is 0 Å². The minimum Gasteiger partial charge on any atom is -0.480 e. The molecule has 0 bridgehead atoms. The normalized spacial score (nSPS) is 17.9. The third-order valence-corrected chi connectivity index (χ3v) is 3.19. The molecular formula is C14H26N2O4. The van der Waals surface area contributed by atoms with Gasteiger partial charge in [-0.2, -0.15) is 0 Å². The standard InChI is InChI=1S/C14H26N2O4/c1-14(2,3)20-13(19)9-15-8-11-4-6-16(7-5-11)10-12(17)18/h11,15H,4-10H2,1-3H3,(H,17,18). The van der Waals surface area contributed by atoms with Gasteiger partial charge < -0.3 is 15.2 Å². The summed E-state index contributed by atoms with van der Waals surface area (Å²) in [6.45, 7) is 8.30. The fourth-order valence-electron chi connectivity index (χ4n) is 2.30. The first-order valence-corrected chi connectivity index (χ1v) is 7.13. The minimum absolute atomic E-state index is 0.123. The zero-order chi connectivity index (χ0) is 15.2. The molecule has 0 aromatic rings. The summed E-state index contributed by atoms with van der Waals surface area (Å²) in [5.41, 5.74) is -0.444. The number of ether oxygens (including phenoxy) is 1. The van der Waals surface area contributed by atoms with Crippen molar-refractivity contribution in [2.45, 2.75) is 39.2 Å². The molecule has 0 aliphatic carbocycles. The Morgan fingerprint density at radius 3 is 2.40 bits per heavy atom. The predicted octanol–water partition coefficient (Wildman–Crippen LogP) is 0.714. The summed E-state index contributed by atoms with van der Waals surface area (Å²) < 4.78 is 5.21. The second-order valence-corrected chi connectivity index (χ2v) is 6.33. The van der Waals surface area contributed by atoms with Crippen LogP contribution in [0.2, 0.25) is 0 Å². The summed E-state index contributed by atoms with van der Waals surface area (Å²) in [5.74, 6) is -0.505. The monoisotopic (exact) mass is 286 g/mol. The molecule has 1 heterocycles. The van der Waals surface area contributed by atoms with E-state index in [9.17, 15) is 9.59 Å². The average Bonchev–Trinajstić information content (AvgIpc) is 2.28. The van der Waals surface area contributed by atoms with Gasteiger partial charge in [0.05, 0.1) is 13.1 Å². The second-order valence-electron chi connectivity index (χ2n) is 6.33. The quantitative estimate of drug-likeness (QED) is 0.700. The van der Waals surface area contributed by atoms with E-state index in [2.05, 4.69) is 5.32 Å². The van der Waals surface area contributed by atoms with E-state index in [1.807, 2.05) is 25.7 Å². The fourth-order valence-corrected chi connectivity index (χ4v) is 2.30. The predicted molar refractivity (Wildman–Crippen MR) is 75.5 cm³/mol. The third-order valence-electron chi connectivity index (χ3n) is 3.19. The van der Waals surface area contributed by atoms with Gasteiger partial charge in [-0.3, -0.25) is 14.5 Å². The molecule has 6 heteroatoms. The van der Waals surface area contributed by atoms with Gasteiger partial charge in [-0.1, -0.05) is 0 Å². The molecule has 0 aromatic carbocycles. The Hall–Kier alpha value is -1.14. The molecule has 0 radical (unpaired) electrons. The third kappa shape index (κ3) is 7.45. The highest BCUT2D eigenvalue weighted by molar-refractivity contribution is 5.72. The lowest BCUT2D eigenvalue weighted by molar-refractivity contribution is -0.153. The molecule has 1 aliphatic rings. The summed E-state index contributed by atoms with van der Waals surface area (Å²) in [7, 11) is 0. The molecule has 1 rings (SSSR count). The smallest absolute Gasteiger partial charge is 0.320 e. The largest absolute Gasteiger partial charge is 0.480 e. The molecule has 2 N–H and O–H groups in total. The van der Waals surface area contributed by atoms with Crippen LogP contribution in [0.4, 0.5) is 0 Å². The molecule has 0 saturated carbocycles. The van der Waals surface area contributed by atoms with Crippen molar-refractivity contribution in [3.8, 4) is 0 Å². The van der Waals surface area contributed by atoms with E-state index in [1.165, 1.54) is 0 Å². The summed E-state index contributed by atoms with van der Waals surface area (Å²) in [6.07, 6.45) is 1.93. The molecule has 20 heavy (non-hydrogen) atoms. The Bertz CT molecular complexity index is 331. The SMILES string of the molecule is CC(C)(C)OC(=O)CNCC1CCN(CC(=O)O)CC1. The lowest BCUT2D eigenvalue weighted by Crippen LogP contribution is -2.41. The summed E-state index contributed by atoms with van der Waals surface area (Å²) in [5, 5.41) is 11.8. The van der Waals surface area contributed by atoms with Crippen LogP contribution in [0.1, 0.15) is 33.6 Å². The van der Waals surface area contributed by atoms with Crippen molar-refractivity contribution >= 4 is 11.9 Å². The Morgan fingerprint density at radius 1 is 1.30 bits per heavy atom. The number of nitrogens with one attached hydrogen (secondary N) is 1. The molecule has 0 spiro atoms. The van der Waals surface area contributed by atoms with Gasteiger partial charge in [-0.25, -0.2) is 0 Å². The van der Waals surface area contributed by atoms with Gasteiger partial charge in [0.25, 0.3) is 0 Å². The summed E-state index contributed by atoms with van der Waals surface area (Å²) in [4.78, 5) is 24.1. The summed E-state index contributed by atoms with van der Waals surface area (Å²) >= 11 is 0. The number of carbonyl (C=O) groups excluding carboxylic acids is 1. The molecule has 1 saturated heterocycles. The number of nitrogens with zero attached hydrogens (tertiary/aromatic N) is 1. The number of hydrogen-bond donors (Lipinski definition) is 2. The topological polar surface area (TPSA) is 78.9 Å². The van der Waals surface area contributed by atoms with Crippen LogP contribution in [0.5, 0.6) is 0 Å². The molecule has 6 nitrogen and oxygen atoms in total. The molecule has 0 aromatic heterocycles. The van der Waals surface area contributed by atoms with Gasteiger partial charge in [0.15, 0.2) is 0 Å². The van der Waals surface area contributed by atoms with Gasteiger partial charge in [0.2, 0.25) is 0 Å². The Balaban J connectivity index is 2.12. The van der Waals surface area contributed by atoms with Crippen LogP contribution in [-0.2, 0) is 14.3 Å². The Morgan fingerprint density at radius 2 is 1.90 bits per heavy atom. The average molecular weight is 286 g/mol.